The highest BCUT2D eigenvalue weighted by Gasteiger charge is 2.36. The monoisotopic (exact) mass is 340 g/mol. The van der Waals surface area contributed by atoms with E-state index in [0.29, 0.717) is 18.5 Å². The van der Waals surface area contributed by atoms with Gasteiger partial charge in [0.15, 0.2) is 0 Å². The van der Waals surface area contributed by atoms with E-state index in [-0.39, 0.29) is 11.8 Å². The van der Waals surface area contributed by atoms with Crippen molar-refractivity contribution in [2.45, 2.75) is 18.9 Å². The lowest BCUT2D eigenvalue weighted by atomic mass is 10.1. The molecule has 0 spiro atoms. The van der Waals surface area contributed by atoms with Gasteiger partial charge in [-0.2, -0.15) is 0 Å². The summed E-state index contributed by atoms with van der Waals surface area (Å²) in [7, 11) is 3.00. The standard InChI is InChI=1S/C14H17BrN2O3/c1-16(20-2)14(19)12-4-3-9-17(12)13(18)10-5-7-11(15)8-6-10/h5-8,12H,3-4,9H2,1-2H3. The molecular formula is C14H17BrN2O3. The zero-order valence-electron chi connectivity index (χ0n) is 11.5. The maximum atomic E-state index is 12.5. The molecule has 2 amide bonds. The van der Waals surface area contributed by atoms with Crippen LogP contribution in [0.5, 0.6) is 0 Å². The van der Waals surface area contributed by atoms with Crippen LogP contribution in [0.3, 0.4) is 0 Å². The number of likely N-dealkylation sites (N-methyl/N-ethyl adjacent to an activating group) is 1. The van der Waals surface area contributed by atoms with Gasteiger partial charge < -0.3 is 4.90 Å². The van der Waals surface area contributed by atoms with Crippen molar-refractivity contribution in [3.05, 3.63) is 34.3 Å². The highest BCUT2D eigenvalue weighted by Crippen LogP contribution is 2.22. The van der Waals surface area contributed by atoms with Gasteiger partial charge in [-0.1, -0.05) is 15.9 Å². The fraction of sp³-hybridized carbons (Fsp3) is 0.429. The van der Waals surface area contributed by atoms with E-state index in [1.54, 1.807) is 24.1 Å². The Kier molecular flexibility index (Phi) is 4.77. The van der Waals surface area contributed by atoms with E-state index in [4.69, 9.17) is 4.84 Å². The molecule has 1 aliphatic heterocycles. The molecule has 0 N–H and O–H groups in total. The summed E-state index contributed by atoms with van der Waals surface area (Å²) < 4.78 is 0.919. The van der Waals surface area contributed by atoms with Crippen molar-refractivity contribution in [1.29, 1.82) is 0 Å². The molecule has 2 rings (SSSR count). The fourth-order valence-electron chi connectivity index (χ4n) is 2.32. The molecule has 1 heterocycles. The minimum Gasteiger partial charge on any atom is -0.327 e. The molecule has 1 aromatic rings. The summed E-state index contributed by atoms with van der Waals surface area (Å²) in [5.74, 6) is -0.298. The first-order valence-corrected chi connectivity index (χ1v) is 7.22. The van der Waals surface area contributed by atoms with Crippen LogP contribution in [0.1, 0.15) is 23.2 Å². The van der Waals surface area contributed by atoms with Gasteiger partial charge in [-0.25, -0.2) is 5.06 Å². The summed E-state index contributed by atoms with van der Waals surface area (Å²) in [5, 5.41) is 1.18. The maximum Gasteiger partial charge on any atom is 0.268 e. The van der Waals surface area contributed by atoms with Crippen molar-refractivity contribution in [2.75, 3.05) is 20.7 Å². The molecule has 0 radical (unpaired) electrons. The summed E-state index contributed by atoms with van der Waals surface area (Å²) in [6, 6.07) is 6.72. The van der Waals surface area contributed by atoms with Crippen molar-refractivity contribution in [3.63, 3.8) is 0 Å². The highest BCUT2D eigenvalue weighted by molar-refractivity contribution is 9.10. The van der Waals surface area contributed by atoms with Gasteiger partial charge in [0.2, 0.25) is 0 Å². The van der Waals surface area contributed by atoms with Crippen LogP contribution in [0.15, 0.2) is 28.7 Å². The zero-order chi connectivity index (χ0) is 14.7. The second kappa shape index (κ2) is 6.37. The number of nitrogens with zero attached hydrogens (tertiary/aromatic N) is 2. The second-order valence-electron chi connectivity index (χ2n) is 4.68. The van der Waals surface area contributed by atoms with Crippen molar-refractivity contribution in [2.24, 2.45) is 0 Å². The number of carbonyl (C=O) groups excluding carboxylic acids is 2. The first kappa shape index (κ1) is 15.0. The average Bonchev–Trinajstić information content (AvgIpc) is 2.95. The lowest BCUT2D eigenvalue weighted by Gasteiger charge is -2.26. The first-order valence-electron chi connectivity index (χ1n) is 6.43. The van der Waals surface area contributed by atoms with Crippen molar-refractivity contribution in [3.8, 4) is 0 Å². The van der Waals surface area contributed by atoms with E-state index in [1.165, 1.54) is 12.2 Å². The lowest BCUT2D eigenvalue weighted by molar-refractivity contribution is -0.172. The molecule has 1 atom stereocenters. The van der Waals surface area contributed by atoms with Crippen LogP contribution < -0.4 is 0 Å². The SMILES string of the molecule is CON(C)C(=O)C1CCCN1C(=O)c1ccc(Br)cc1. The van der Waals surface area contributed by atoms with Crippen LogP contribution in [-0.4, -0.2) is 48.5 Å². The van der Waals surface area contributed by atoms with Crippen LogP contribution >= 0.6 is 15.9 Å². The van der Waals surface area contributed by atoms with E-state index < -0.39 is 6.04 Å². The third-order valence-electron chi connectivity index (χ3n) is 3.47. The van der Waals surface area contributed by atoms with Gasteiger partial charge in [0, 0.05) is 23.6 Å². The van der Waals surface area contributed by atoms with Crippen LogP contribution in [-0.2, 0) is 9.63 Å². The molecule has 0 aromatic heterocycles. The quantitative estimate of drug-likeness (QED) is 0.791. The van der Waals surface area contributed by atoms with Gasteiger partial charge in [-0.3, -0.25) is 14.4 Å². The smallest absolute Gasteiger partial charge is 0.268 e. The van der Waals surface area contributed by atoms with Crippen LogP contribution in [0.4, 0.5) is 0 Å². The Morgan fingerprint density at radius 2 is 2.00 bits per heavy atom. The molecule has 5 nitrogen and oxygen atoms in total. The van der Waals surface area contributed by atoms with E-state index in [9.17, 15) is 9.59 Å². The van der Waals surface area contributed by atoms with E-state index in [0.717, 1.165) is 10.9 Å². The number of carbonyl (C=O) groups is 2. The third-order valence-corrected chi connectivity index (χ3v) is 4.00. The Morgan fingerprint density at radius 1 is 1.35 bits per heavy atom. The highest BCUT2D eigenvalue weighted by atomic mass is 79.9. The topological polar surface area (TPSA) is 49.9 Å². The molecule has 1 aliphatic rings. The van der Waals surface area contributed by atoms with E-state index in [1.807, 2.05) is 12.1 Å². The number of hydroxylamine groups is 2. The fourth-order valence-corrected chi connectivity index (χ4v) is 2.59. The molecule has 0 aliphatic carbocycles. The predicted octanol–water partition coefficient (Wildman–Crippen LogP) is 2.07. The number of hydrogen-bond donors (Lipinski definition) is 0. The molecule has 0 bridgehead atoms. The minimum atomic E-state index is -0.434. The van der Waals surface area contributed by atoms with Gasteiger partial charge in [-0.15, -0.1) is 0 Å². The lowest BCUT2D eigenvalue weighted by Crippen LogP contribution is -2.46. The summed E-state index contributed by atoms with van der Waals surface area (Å²) in [5.41, 5.74) is 0.591. The number of hydrogen-bond acceptors (Lipinski definition) is 3. The maximum absolute atomic E-state index is 12.5. The summed E-state index contributed by atoms with van der Waals surface area (Å²) in [6.45, 7) is 0.600. The molecule has 1 aromatic carbocycles. The normalized spacial score (nSPS) is 18.1. The molecule has 20 heavy (non-hydrogen) atoms. The molecule has 1 fully saturated rings. The van der Waals surface area contributed by atoms with Crippen molar-refractivity contribution >= 4 is 27.7 Å². The first-order chi connectivity index (χ1) is 9.54. The summed E-state index contributed by atoms with van der Waals surface area (Å²) in [6.07, 6.45) is 1.50. The number of rotatable bonds is 3. The average molecular weight is 341 g/mol. The van der Waals surface area contributed by atoms with E-state index >= 15 is 0 Å². The van der Waals surface area contributed by atoms with Crippen LogP contribution in [0.25, 0.3) is 0 Å². The zero-order valence-corrected chi connectivity index (χ0v) is 13.1. The van der Waals surface area contributed by atoms with Crippen molar-refractivity contribution < 1.29 is 14.4 Å². The molecule has 1 saturated heterocycles. The minimum absolute atomic E-state index is 0.113. The van der Waals surface area contributed by atoms with Gasteiger partial charge in [0.1, 0.15) is 6.04 Å². The molecule has 108 valence electrons. The number of amides is 2. The van der Waals surface area contributed by atoms with Gasteiger partial charge in [0.05, 0.1) is 7.11 Å². The number of halogens is 1. The van der Waals surface area contributed by atoms with Gasteiger partial charge in [-0.05, 0) is 37.1 Å². The Hall–Kier alpha value is -1.40. The molecular weight excluding hydrogens is 324 g/mol. The largest absolute Gasteiger partial charge is 0.327 e. The van der Waals surface area contributed by atoms with Crippen LogP contribution in [0, 0.1) is 0 Å². The molecule has 1 unspecified atom stereocenters. The Labute approximate surface area is 126 Å². The van der Waals surface area contributed by atoms with Crippen molar-refractivity contribution in [1.82, 2.24) is 9.96 Å². The van der Waals surface area contributed by atoms with Gasteiger partial charge in [0.25, 0.3) is 11.8 Å². The van der Waals surface area contributed by atoms with Crippen LogP contribution in [0.2, 0.25) is 0 Å². The summed E-state index contributed by atoms with van der Waals surface area (Å²) in [4.78, 5) is 31.2. The number of benzene rings is 1. The Morgan fingerprint density at radius 3 is 2.60 bits per heavy atom. The van der Waals surface area contributed by atoms with Gasteiger partial charge >= 0.3 is 0 Å². The number of likely N-dealkylation sites (tertiary alicyclic amines) is 1. The predicted molar refractivity (Wildman–Crippen MR) is 78.0 cm³/mol. The molecule has 0 saturated carbocycles. The Bertz CT molecular complexity index is 504. The van der Waals surface area contributed by atoms with E-state index in [2.05, 4.69) is 15.9 Å². The third kappa shape index (κ3) is 3.02. The Balaban J connectivity index is 2.16. The summed E-state index contributed by atoms with van der Waals surface area (Å²) >= 11 is 3.34. The molecule has 6 heteroatoms. The second-order valence-corrected chi connectivity index (χ2v) is 5.60.